The number of carbonyl (C=O) groups is 3. The molecule has 0 spiro atoms. The minimum absolute atomic E-state index is 0.334. The fraction of sp³-hybridized carbons (Fsp3) is 0.440. The van der Waals surface area contributed by atoms with E-state index < -0.39 is 23.7 Å². The van der Waals surface area contributed by atoms with Gasteiger partial charge in [-0.3, -0.25) is 14.4 Å². The predicted octanol–water partition coefficient (Wildman–Crippen LogP) is 0.940. The highest BCUT2D eigenvalue weighted by molar-refractivity contribution is 6.44. The molecule has 1 saturated heterocycles. The zero-order valence-electron chi connectivity index (χ0n) is 19.5. The van der Waals surface area contributed by atoms with Crippen LogP contribution in [0.25, 0.3) is 0 Å². The van der Waals surface area contributed by atoms with Gasteiger partial charge in [-0.1, -0.05) is 13.8 Å². The molecule has 0 radical (unpaired) electrons. The van der Waals surface area contributed by atoms with Gasteiger partial charge >= 0.3 is 0 Å². The topological polar surface area (TPSA) is 82.3 Å². The number of Topliss-reactive ketones (excluding diaryl/α,β-unsaturated/α-hetero) is 2. The second kappa shape index (κ2) is 10.0. The molecule has 0 bridgehead atoms. The number of likely N-dealkylation sites (tertiary alicyclic amines) is 1. The number of pyridine rings is 1. The molecule has 2 atom stereocenters. The van der Waals surface area contributed by atoms with E-state index in [-0.39, 0.29) is 5.78 Å². The zero-order valence-corrected chi connectivity index (χ0v) is 19.5. The van der Waals surface area contributed by atoms with E-state index in [4.69, 9.17) is 4.74 Å². The van der Waals surface area contributed by atoms with Crippen LogP contribution in [0.4, 0.5) is 0 Å². The van der Waals surface area contributed by atoms with Crippen LogP contribution in [0.1, 0.15) is 41.4 Å². The minimum Gasteiger partial charge on any atom is -0.493 e. The standard InChI is InChI=1S/C25H31N3O4/c1-16(2)15-32-20-7-6-19(14-17(20)3)23(29)21-22(18-8-10-26-11-9-18)28(13-12-27(4)5)25(31)24(21)30/h6-11,14,16,21-22H,12-13,15H2,1-5H3/p+2. The van der Waals surface area contributed by atoms with Crippen LogP contribution in [0.3, 0.4) is 0 Å². The van der Waals surface area contributed by atoms with Crippen molar-refractivity contribution < 1.29 is 29.0 Å². The average molecular weight is 440 g/mol. The first kappa shape index (κ1) is 23.6. The van der Waals surface area contributed by atoms with Crippen LogP contribution >= 0.6 is 0 Å². The van der Waals surface area contributed by atoms with Crippen LogP contribution in [0.15, 0.2) is 42.7 Å². The third kappa shape index (κ3) is 5.05. The molecule has 7 heteroatoms. The predicted molar refractivity (Wildman–Crippen MR) is 119 cm³/mol. The molecule has 1 aromatic carbocycles. The number of carbonyl (C=O) groups excluding carboxylic acids is 3. The van der Waals surface area contributed by atoms with Crippen molar-refractivity contribution >= 4 is 17.5 Å². The maximum absolute atomic E-state index is 13.5. The highest BCUT2D eigenvalue weighted by Gasteiger charge is 2.51. The smallest absolute Gasteiger partial charge is 0.291 e. The number of rotatable bonds is 9. The summed E-state index contributed by atoms with van der Waals surface area (Å²) in [5.74, 6) is -1.52. The van der Waals surface area contributed by atoms with E-state index in [0.29, 0.717) is 31.2 Å². The van der Waals surface area contributed by atoms with Crippen molar-refractivity contribution in [2.24, 2.45) is 11.8 Å². The monoisotopic (exact) mass is 439 g/mol. The quantitative estimate of drug-likeness (QED) is 0.358. The third-order valence-electron chi connectivity index (χ3n) is 5.66. The summed E-state index contributed by atoms with van der Waals surface area (Å²) < 4.78 is 5.81. The lowest BCUT2D eigenvalue weighted by molar-refractivity contribution is -0.857. The molecule has 170 valence electrons. The number of amides is 1. The summed E-state index contributed by atoms with van der Waals surface area (Å²) in [5, 5.41) is 0. The molecule has 1 fully saturated rings. The van der Waals surface area contributed by atoms with Gasteiger partial charge < -0.3 is 14.5 Å². The van der Waals surface area contributed by atoms with E-state index in [1.54, 1.807) is 35.5 Å². The van der Waals surface area contributed by atoms with Crippen LogP contribution in [-0.2, 0) is 9.59 Å². The summed E-state index contributed by atoms with van der Waals surface area (Å²) >= 11 is 0. The number of aromatic nitrogens is 1. The lowest BCUT2D eigenvalue weighted by atomic mass is 9.86. The normalized spacial score (nSPS) is 18.7. The van der Waals surface area contributed by atoms with E-state index >= 15 is 0 Å². The Balaban J connectivity index is 1.94. The number of nitrogens with zero attached hydrogens (tertiary/aromatic N) is 1. The first-order chi connectivity index (χ1) is 15.2. The molecule has 7 nitrogen and oxygen atoms in total. The molecule has 3 rings (SSSR count). The molecule has 32 heavy (non-hydrogen) atoms. The summed E-state index contributed by atoms with van der Waals surface area (Å²) in [6, 6.07) is 8.23. The van der Waals surface area contributed by atoms with Gasteiger partial charge in [0.25, 0.3) is 5.91 Å². The summed E-state index contributed by atoms with van der Waals surface area (Å²) in [6.07, 6.45) is 3.48. The minimum atomic E-state index is -1.07. The van der Waals surface area contributed by atoms with Gasteiger partial charge in [0.2, 0.25) is 5.78 Å². The number of likely N-dealkylation sites (N-methyl/N-ethyl adjacent to an activating group) is 1. The molecule has 2 aromatic rings. The van der Waals surface area contributed by atoms with Gasteiger partial charge in [0.15, 0.2) is 18.2 Å². The van der Waals surface area contributed by atoms with E-state index in [1.165, 1.54) is 0 Å². The Morgan fingerprint density at radius 2 is 1.84 bits per heavy atom. The summed E-state index contributed by atoms with van der Waals surface area (Å²) in [4.78, 5) is 45.2. The molecule has 1 aliphatic rings. The number of hydrogen-bond donors (Lipinski definition) is 1. The SMILES string of the molecule is Cc1cc(C(=O)C2C(=O)C(=O)N(CC[NH+](C)C)C2c2cc[nH+]cc2)ccc1OCC(C)C. The Hall–Kier alpha value is -3.06. The van der Waals surface area contributed by atoms with Crippen molar-refractivity contribution in [1.29, 1.82) is 0 Å². The number of hydrogen-bond acceptors (Lipinski definition) is 4. The molecule has 2 unspecified atom stereocenters. The molecule has 2 heterocycles. The Labute approximate surface area is 189 Å². The number of aromatic amines is 1. The third-order valence-corrected chi connectivity index (χ3v) is 5.66. The number of nitrogens with one attached hydrogen (secondary N) is 2. The first-order valence-electron chi connectivity index (χ1n) is 11.1. The molecule has 1 aliphatic heterocycles. The van der Waals surface area contributed by atoms with Crippen LogP contribution in [0, 0.1) is 18.8 Å². The highest BCUT2D eigenvalue weighted by Crippen LogP contribution is 2.38. The summed E-state index contributed by atoms with van der Waals surface area (Å²) in [7, 11) is 3.98. The number of ether oxygens (including phenoxy) is 1. The molecular weight excluding hydrogens is 406 g/mol. The van der Waals surface area contributed by atoms with Gasteiger partial charge in [-0.25, -0.2) is 4.98 Å². The van der Waals surface area contributed by atoms with Gasteiger partial charge in [0.05, 0.1) is 39.8 Å². The molecular formula is C25H33N3O4+2. The van der Waals surface area contributed by atoms with Crippen molar-refractivity contribution in [2.45, 2.75) is 26.8 Å². The van der Waals surface area contributed by atoms with Crippen molar-refractivity contribution in [3.63, 3.8) is 0 Å². The lowest BCUT2D eigenvalue weighted by Gasteiger charge is -2.27. The Morgan fingerprint density at radius 1 is 1.16 bits per heavy atom. The fourth-order valence-electron chi connectivity index (χ4n) is 3.94. The van der Waals surface area contributed by atoms with Crippen LogP contribution in [0.2, 0.25) is 0 Å². The highest BCUT2D eigenvalue weighted by atomic mass is 16.5. The Morgan fingerprint density at radius 3 is 2.44 bits per heavy atom. The van der Waals surface area contributed by atoms with Gasteiger partial charge in [-0.15, -0.1) is 0 Å². The van der Waals surface area contributed by atoms with Crippen LogP contribution < -0.4 is 14.6 Å². The molecule has 1 amide bonds. The fourth-order valence-corrected chi connectivity index (χ4v) is 3.94. The Kier molecular flexibility index (Phi) is 7.40. The second-order valence-electron chi connectivity index (χ2n) is 9.13. The Bertz CT molecular complexity index is 988. The van der Waals surface area contributed by atoms with E-state index in [0.717, 1.165) is 21.8 Å². The lowest BCUT2D eigenvalue weighted by Crippen LogP contribution is -3.06. The largest absolute Gasteiger partial charge is 0.493 e. The molecule has 1 aromatic heterocycles. The van der Waals surface area contributed by atoms with E-state index in [2.05, 4.69) is 18.8 Å². The van der Waals surface area contributed by atoms with Crippen molar-refractivity contribution in [1.82, 2.24) is 4.90 Å². The van der Waals surface area contributed by atoms with Gasteiger partial charge in [0, 0.05) is 17.7 Å². The molecule has 0 saturated carbocycles. The van der Waals surface area contributed by atoms with Gasteiger partial charge in [-0.2, -0.15) is 0 Å². The maximum Gasteiger partial charge on any atom is 0.291 e. The number of ketones is 2. The summed E-state index contributed by atoms with van der Waals surface area (Å²) in [6.45, 7) is 7.68. The number of quaternary nitrogens is 1. The second-order valence-corrected chi connectivity index (χ2v) is 9.13. The first-order valence-corrected chi connectivity index (χ1v) is 11.1. The number of aryl methyl sites for hydroxylation is 1. The van der Waals surface area contributed by atoms with E-state index in [9.17, 15) is 14.4 Å². The zero-order chi connectivity index (χ0) is 23.4. The van der Waals surface area contributed by atoms with Crippen molar-refractivity contribution in [2.75, 3.05) is 33.8 Å². The maximum atomic E-state index is 13.5. The molecule has 2 N–H and O–H groups in total. The van der Waals surface area contributed by atoms with Gasteiger partial charge in [-0.05, 0) is 42.2 Å². The van der Waals surface area contributed by atoms with Gasteiger partial charge in [0.1, 0.15) is 11.7 Å². The summed E-state index contributed by atoms with van der Waals surface area (Å²) in [5.41, 5.74) is 2.01. The van der Waals surface area contributed by atoms with E-state index in [1.807, 2.05) is 33.2 Å². The van der Waals surface area contributed by atoms with Crippen molar-refractivity contribution in [3.8, 4) is 5.75 Å². The van der Waals surface area contributed by atoms with Crippen LogP contribution in [-0.4, -0.2) is 56.2 Å². The van der Waals surface area contributed by atoms with Crippen molar-refractivity contribution in [3.05, 3.63) is 59.4 Å². The number of H-pyrrole nitrogens is 1. The number of benzene rings is 1. The van der Waals surface area contributed by atoms with Crippen LogP contribution in [0.5, 0.6) is 5.75 Å². The molecule has 0 aliphatic carbocycles. The average Bonchev–Trinajstić information content (AvgIpc) is 3.01.